The Labute approximate surface area is 262 Å². The van der Waals surface area contributed by atoms with Crippen molar-refractivity contribution in [3.63, 3.8) is 0 Å². The van der Waals surface area contributed by atoms with E-state index in [-0.39, 0.29) is 43.5 Å². The molecular formula is C29H32ClNO10S2. The Bertz CT molecular complexity index is 1440. The zero-order valence-electron chi connectivity index (χ0n) is 23.8. The van der Waals surface area contributed by atoms with Crippen LogP contribution < -0.4 is 15.2 Å². The van der Waals surface area contributed by atoms with Crippen LogP contribution in [0.1, 0.15) is 54.0 Å². The fourth-order valence-electron chi connectivity index (χ4n) is 3.20. The minimum Gasteiger partial charge on any atom is -0.480 e. The van der Waals surface area contributed by atoms with Gasteiger partial charge < -0.3 is 29.8 Å². The van der Waals surface area contributed by atoms with Gasteiger partial charge in [-0.05, 0) is 74.7 Å². The number of aliphatic carboxylic acids is 1. The van der Waals surface area contributed by atoms with Crippen molar-refractivity contribution >= 4 is 64.9 Å². The van der Waals surface area contributed by atoms with E-state index in [4.69, 9.17) is 24.7 Å². The molecular weight excluding hydrogens is 622 g/mol. The maximum absolute atomic E-state index is 13.2. The van der Waals surface area contributed by atoms with Gasteiger partial charge in [-0.2, -0.15) is 22.7 Å². The van der Waals surface area contributed by atoms with Crippen LogP contribution in [0, 0.1) is 10.8 Å². The van der Waals surface area contributed by atoms with Gasteiger partial charge in [0.1, 0.15) is 19.3 Å². The fraction of sp³-hybridized carbons (Fsp3) is 0.345. The van der Waals surface area contributed by atoms with E-state index in [0.717, 1.165) is 0 Å². The highest BCUT2D eigenvalue weighted by atomic mass is 35.5. The van der Waals surface area contributed by atoms with E-state index in [9.17, 15) is 29.1 Å². The Morgan fingerprint density at radius 2 is 1.26 bits per heavy atom. The summed E-state index contributed by atoms with van der Waals surface area (Å²) in [5, 5.41) is 15.9. The first-order valence-electron chi connectivity index (χ1n) is 12.6. The number of carboxylic acids is 1. The predicted molar refractivity (Wildman–Crippen MR) is 161 cm³/mol. The first-order chi connectivity index (χ1) is 19.7. The van der Waals surface area contributed by atoms with Crippen LogP contribution in [0.3, 0.4) is 0 Å². The van der Waals surface area contributed by atoms with E-state index in [1.165, 1.54) is 68.6 Å². The minimum absolute atomic E-state index is 0. The maximum Gasteiger partial charge on any atom is 0.339 e. The largest absolute Gasteiger partial charge is 0.480 e. The molecule has 0 saturated carbocycles. The van der Waals surface area contributed by atoms with Gasteiger partial charge in [0.25, 0.3) is 0 Å². The maximum atomic E-state index is 13.2. The molecule has 14 heteroatoms. The fourth-order valence-corrected chi connectivity index (χ4v) is 4.45. The second-order valence-corrected chi connectivity index (χ2v) is 12.2. The van der Waals surface area contributed by atoms with Gasteiger partial charge in [0, 0.05) is 10.8 Å². The first kappa shape index (κ1) is 35.4. The normalized spacial score (nSPS) is 11.9. The summed E-state index contributed by atoms with van der Waals surface area (Å²) < 4.78 is 21.7. The van der Waals surface area contributed by atoms with Crippen molar-refractivity contribution in [3.8, 4) is 11.5 Å². The summed E-state index contributed by atoms with van der Waals surface area (Å²) in [5.74, 6) is -4.31. The third-order valence-corrected chi connectivity index (χ3v) is 7.30. The van der Waals surface area contributed by atoms with Crippen LogP contribution in [0.5, 0.6) is 11.5 Å². The number of thiophene rings is 2. The zero-order valence-corrected chi connectivity index (χ0v) is 26.3. The average Bonchev–Trinajstić information content (AvgIpc) is 3.67. The predicted octanol–water partition coefficient (Wildman–Crippen LogP) is 4.76. The van der Waals surface area contributed by atoms with Crippen LogP contribution in [-0.4, -0.2) is 54.2 Å². The van der Waals surface area contributed by atoms with Gasteiger partial charge >= 0.3 is 29.8 Å². The average molecular weight is 654 g/mol. The topological polar surface area (TPSA) is 169 Å². The van der Waals surface area contributed by atoms with Gasteiger partial charge in [0.2, 0.25) is 0 Å². The van der Waals surface area contributed by atoms with Gasteiger partial charge in [-0.15, -0.1) is 12.4 Å². The molecule has 0 spiro atoms. The molecule has 0 aliphatic heterocycles. The van der Waals surface area contributed by atoms with Gasteiger partial charge in [-0.3, -0.25) is 14.4 Å². The number of ether oxygens (including phenoxy) is 4. The van der Waals surface area contributed by atoms with Crippen LogP contribution in [0.15, 0.2) is 51.9 Å². The summed E-state index contributed by atoms with van der Waals surface area (Å²) in [5.41, 5.74) is 4.18. The lowest BCUT2D eigenvalue weighted by atomic mass is 9.95. The van der Waals surface area contributed by atoms with Gasteiger partial charge in [0.05, 0.1) is 22.0 Å². The number of rotatable bonds is 13. The Balaban J connectivity index is 0.00000645. The molecule has 232 valence electrons. The minimum atomic E-state index is -1.31. The van der Waals surface area contributed by atoms with Crippen LogP contribution in [0.25, 0.3) is 0 Å². The molecule has 2 aromatic heterocycles. The third-order valence-electron chi connectivity index (χ3n) is 5.93. The molecule has 11 nitrogen and oxygen atoms in total. The molecule has 0 radical (unpaired) electrons. The highest BCUT2D eigenvalue weighted by Crippen LogP contribution is 2.33. The molecule has 0 aliphatic carbocycles. The molecule has 43 heavy (non-hydrogen) atoms. The van der Waals surface area contributed by atoms with Crippen molar-refractivity contribution in [2.45, 2.75) is 40.2 Å². The standard InChI is InChI=1S/C29H31NO10S2.ClH/c1-28(2,15-37-24(33)18-7-9-41-13-18)26(35)39-21-6-5-17(11-20(30)23(31)32)12-22(21)40-27(36)29(3,4)16-38-25(34)19-8-10-42-14-19;/h5-10,12-14,20H,11,15-16,30H2,1-4H3,(H,31,32);1H/t20-;/m0./s1. The molecule has 0 saturated heterocycles. The van der Waals surface area contributed by atoms with E-state index >= 15 is 0 Å². The van der Waals surface area contributed by atoms with E-state index in [2.05, 4.69) is 0 Å². The Kier molecular flexibility index (Phi) is 12.4. The van der Waals surface area contributed by atoms with Crippen LogP contribution in [0.4, 0.5) is 0 Å². The van der Waals surface area contributed by atoms with Crippen molar-refractivity contribution < 1.29 is 48.0 Å². The lowest BCUT2D eigenvalue weighted by Crippen LogP contribution is -2.36. The summed E-state index contributed by atoms with van der Waals surface area (Å²) >= 11 is 2.65. The Morgan fingerprint density at radius 1 is 0.791 bits per heavy atom. The van der Waals surface area contributed by atoms with E-state index in [1.807, 2.05) is 0 Å². The number of nitrogens with two attached hydrogens (primary N) is 1. The number of hydrogen-bond donors (Lipinski definition) is 2. The number of hydrogen-bond acceptors (Lipinski definition) is 12. The molecule has 0 fully saturated rings. The van der Waals surface area contributed by atoms with Crippen molar-refractivity contribution in [3.05, 3.63) is 68.5 Å². The molecule has 3 rings (SSSR count). The van der Waals surface area contributed by atoms with Crippen molar-refractivity contribution in [1.29, 1.82) is 0 Å². The summed E-state index contributed by atoms with van der Waals surface area (Å²) in [6.45, 7) is 5.47. The molecule has 2 heterocycles. The molecule has 0 bridgehead atoms. The summed E-state index contributed by atoms with van der Waals surface area (Å²) in [6, 6.07) is 6.15. The highest BCUT2D eigenvalue weighted by molar-refractivity contribution is 7.08. The number of halogens is 1. The van der Waals surface area contributed by atoms with Gasteiger partial charge in [-0.1, -0.05) is 6.07 Å². The molecule has 1 aromatic carbocycles. The number of benzene rings is 1. The SMILES string of the molecule is CC(C)(COC(=O)c1ccsc1)C(=O)Oc1ccc(C[C@H](N)C(=O)O)cc1OC(=O)C(C)(C)COC(=O)c1ccsc1.Cl. The number of carboxylic acid groups (broad SMARTS) is 1. The third kappa shape index (κ3) is 9.89. The van der Waals surface area contributed by atoms with Gasteiger partial charge in [0.15, 0.2) is 11.5 Å². The van der Waals surface area contributed by atoms with Crippen LogP contribution in [0.2, 0.25) is 0 Å². The number of esters is 4. The van der Waals surface area contributed by atoms with Crippen molar-refractivity contribution in [1.82, 2.24) is 0 Å². The van der Waals surface area contributed by atoms with E-state index in [0.29, 0.717) is 16.7 Å². The quantitative estimate of drug-likeness (QED) is 0.193. The van der Waals surface area contributed by atoms with E-state index < -0.39 is 46.7 Å². The van der Waals surface area contributed by atoms with Crippen LogP contribution in [-0.2, 0) is 30.3 Å². The summed E-state index contributed by atoms with van der Waals surface area (Å²) in [7, 11) is 0. The second-order valence-electron chi connectivity index (χ2n) is 10.7. The highest BCUT2D eigenvalue weighted by Gasteiger charge is 2.35. The lowest BCUT2D eigenvalue weighted by molar-refractivity contribution is -0.149. The molecule has 3 N–H and O–H groups in total. The monoisotopic (exact) mass is 653 g/mol. The molecule has 3 aromatic rings. The molecule has 0 aliphatic rings. The lowest BCUT2D eigenvalue weighted by Gasteiger charge is -2.24. The molecule has 0 unspecified atom stereocenters. The Morgan fingerprint density at radius 3 is 1.67 bits per heavy atom. The number of carbonyl (C=O) groups is 5. The number of carbonyl (C=O) groups excluding carboxylic acids is 4. The zero-order chi connectivity index (χ0) is 31.1. The van der Waals surface area contributed by atoms with Gasteiger partial charge in [-0.25, -0.2) is 9.59 Å². The first-order valence-corrected chi connectivity index (χ1v) is 14.5. The Hall–Kier alpha value is -3.78. The second kappa shape index (κ2) is 15.1. The van der Waals surface area contributed by atoms with Crippen LogP contribution >= 0.6 is 35.1 Å². The van der Waals surface area contributed by atoms with Crippen molar-refractivity contribution in [2.75, 3.05) is 13.2 Å². The smallest absolute Gasteiger partial charge is 0.339 e. The van der Waals surface area contributed by atoms with Crippen molar-refractivity contribution in [2.24, 2.45) is 16.6 Å². The summed E-state index contributed by atoms with van der Waals surface area (Å²) in [4.78, 5) is 62.0. The molecule has 1 atom stereocenters. The summed E-state index contributed by atoms with van der Waals surface area (Å²) in [6.07, 6.45) is -0.0974. The molecule has 0 amide bonds. The van der Waals surface area contributed by atoms with E-state index in [1.54, 1.807) is 33.7 Å².